The molecule has 3 aromatic rings. The van der Waals surface area contributed by atoms with Gasteiger partial charge in [-0.05, 0) is 55.5 Å². The van der Waals surface area contributed by atoms with Crippen LogP contribution in [0.15, 0.2) is 47.3 Å². The fraction of sp³-hybridized carbons (Fsp3) is 0.444. The first-order chi connectivity index (χ1) is 15.8. The van der Waals surface area contributed by atoms with Crippen LogP contribution in [-0.2, 0) is 11.8 Å². The molecule has 0 amide bonds. The number of methoxy groups -OCH3 is 3. The molecule has 1 aliphatic carbocycles. The van der Waals surface area contributed by atoms with Gasteiger partial charge in [0, 0.05) is 31.4 Å². The second-order valence-electron chi connectivity index (χ2n) is 9.64. The molecule has 0 N–H and O–H groups in total. The monoisotopic (exact) mass is 449 g/mol. The minimum absolute atomic E-state index is 0.00976. The van der Waals surface area contributed by atoms with Crippen molar-refractivity contribution in [3.63, 3.8) is 0 Å². The molecule has 1 fully saturated rings. The average Bonchev–Trinajstić information content (AvgIpc) is 2.80. The van der Waals surface area contributed by atoms with E-state index in [0.717, 1.165) is 27.8 Å². The smallest absolute Gasteiger partial charge is 0.258 e. The Hall–Kier alpha value is -2.99. The standard InChI is InChI=1S/C27H31NO5/c1-27(2)24-17(14-30-4)21(15-11-12-19(31-5)20(13-15)32-6)22(24)23-25(33-27)16-9-7-8-10-18(16)28(3)26(23)29/h7-13,17,21-22,24H,14H2,1-6H3/t17-,21-,22+,24+/m0/s1. The Kier molecular flexibility index (Phi) is 5.16. The summed E-state index contributed by atoms with van der Waals surface area (Å²) in [6.45, 7) is 4.86. The molecule has 5 rings (SSSR count). The summed E-state index contributed by atoms with van der Waals surface area (Å²) in [4.78, 5) is 13.7. The Morgan fingerprint density at radius 3 is 2.42 bits per heavy atom. The number of para-hydroxylation sites is 1. The lowest BCUT2D eigenvalue weighted by molar-refractivity contribution is -0.109. The zero-order valence-electron chi connectivity index (χ0n) is 20.0. The Labute approximate surface area is 194 Å². The van der Waals surface area contributed by atoms with Crippen molar-refractivity contribution < 1.29 is 18.9 Å². The highest BCUT2D eigenvalue weighted by Crippen LogP contribution is 2.65. The quantitative estimate of drug-likeness (QED) is 0.575. The van der Waals surface area contributed by atoms with Crippen molar-refractivity contribution in [3.05, 3.63) is 63.9 Å². The molecule has 33 heavy (non-hydrogen) atoms. The van der Waals surface area contributed by atoms with Crippen LogP contribution in [0, 0.1) is 11.8 Å². The molecule has 0 bridgehead atoms. The molecule has 174 valence electrons. The first-order valence-corrected chi connectivity index (χ1v) is 11.4. The van der Waals surface area contributed by atoms with Crippen LogP contribution in [0.4, 0.5) is 0 Å². The lowest BCUT2D eigenvalue weighted by Gasteiger charge is -2.60. The molecule has 6 nitrogen and oxygen atoms in total. The average molecular weight is 450 g/mol. The zero-order valence-corrected chi connectivity index (χ0v) is 20.0. The molecular formula is C27H31NO5. The van der Waals surface area contributed by atoms with Gasteiger partial charge in [0.1, 0.15) is 11.4 Å². The Morgan fingerprint density at radius 2 is 1.73 bits per heavy atom. The van der Waals surface area contributed by atoms with Crippen molar-refractivity contribution >= 4 is 10.9 Å². The van der Waals surface area contributed by atoms with Crippen LogP contribution in [0.1, 0.15) is 36.8 Å². The first-order valence-electron chi connectivity index (χ1n) is 11.4. The van der Waals surface area contributed by atoms with Gasteiger partial charge >= 0.3 is 0 Å². The second-order valence-corrected chi connectivity index (χ2v) is 9.64. The molecule has 0 radical (unpaired) electrons. The number of fused-ring (bicyclic) bond motifs is 5. The highest BCUT2D eigenvalue weighted by atomic mass is 16.5. The molecule has 2 heterocycles. The van der Waals surface area contributed by atoms with Crippen LogP contribution in [0.3, 0.4) is 0 Å². The van der Waals surface area contributed by atoms with Gasteiger partial charge in [0.15, 0.2) is 11.5 Å². The third-order valence-electron chi connectivity index (χ3n) is 7.64. The fourth-order valence-corrected chi connectivity index (χ4v) is 6.28. The maximum absolute atomic E-state index is 13.7. The van der Waals surface area contributed by atoms with Gasteiger partial charge in [-0.1, -0.05) is 18.2 Å². The van der Waals surface area contributed by atoms with Gasteiger partial charge in [-0.3, -0.25) is 4.79 Å². The lowest BCUT2D eigenvalue weighted by Crippen LogP contribution is -2.61. The molecule has 0 unspecified atom stereocenters. The zero-order chi connectivity index (χ0) is 23.5. The van der Waals surface area contributed by atoms with Crippen LogP contribution < -0.4 is 19.8 Å². The van der Waals surface area contributed by atoms with Gasteiger partial charge in [0.05, 0.1) is 31.9 Å². The maximum atomic E-state index is 13.7. The van der Waals surface area contributed by atoms with Gasteiger partial charge in [-0.15, -0.1) is 0 Å². The van der Waals surface area contributed by atoms with Gasteiger partial charge in [-0.2, -0.15) is 0 Å². The van der Waals surface area contributed by atoms with Crippen LogP contribution in [0.25, 0.3) is 10.9 Å². The van der Waals surface area contributed by atoms with E-state index < -0.39 is 5.60 Å². The SMILES string of the molecule is COC[C@H]1[C@H](c2ccc(OC)c(OC)c2)[C@@H]2c3c(c4ccccc4n(C)c3=O)OC(C)(C)[C@H]12. The van der Waals surface area contributed by atoms with E-state index in [1.54, 1.807) is 25.9 Å². The third kappa shape index (κ3) is 3.07. The minimum Gasteiger partial charge on any atom is -0.493 e. The largest absolute Gasteiger partial charge is 0.493 e. The van der Waals surface area contributed by atoms with E-state index in [1.807, 2.05) is 43.4 Å². The third-order valence-corrected chi connectivity index (χ3v) is 7.64. The Morgan fingerprint density at radius 1 is 1.00 bits per heavy atom. The van der Waals surface area contributed by atoms with Crippen LogP contribution in [-0.4, -0.2) is 38.1 Å². The molecule has 1 aliphatic heterocycles. The predicted octanol–water partition coefficient (Wildman–Crippen LogP) is 4.49. The van der Waals surface area contributed by atoms with E-state index in [-0.39, 0.29) is 29.2 Å². The number of pyridine rings is 1. The predicted molar refractivity (Wildman–Crippen MR) is 128 cm³/mol. The molecule has 2 aromatic carbocycles. The summed E-state index contributed by atoms with van der Waals surface area (Å²) in [5.41, 5.74) is 2.34. The summed E-state index contributed by atoms with van der Waals surface area (Å²) in [5, 5.41) is 0.974. The molecule has 1 aromatic heterocycles. The summed E-state index contributed by atoms with van der Waals surface area (Å²) in [6, 6.07) is 14.0. The van der Waals surface area contributed by atoms with E-state index in [1.165, 1.54) is 0 Å². The van der Waals surface area contributed by atoms with Crippen LogP contribution in [0.2, 0.25) is 0 Å². The van der Waals surface area contributed by atoms with Crippen LogP contribution in [0.5, 0.6) is 17.2 Å². The summed E-state index contributed by atoms with van der Waals surface area (Å²) in [6.07, 6.45) is 0. The van der Waals surface area contributed by atoms with E-state index >= 15 is 0 Å². The normalized spacial score (nSPS) is 24.9. The maximum Gasteiger partial charge on any atom is 0.258 e. The van der Waals surface area contributed by atoms with Gasteiger partial charge < -0.3 is 23.5 Å². The summed E-state index contributed by atoms with van der Waals surface area (Å²) < 4.78 is 25.1. The number of nitrogens with zero attached hydrogens (tertiary/aromatic N) is 1. The van der Waals surface area contributed by atoms with Crippen molar-refractivity contribution in [2.45, 2.75) is 31.3 Å². The van der Waals surface area contributed by atoms with Crippen molar-refractivity contribution in [2.24, 2.45) is 18.9 Å². The summed E-state index contributed by atoms with van der Waals surface area (Å²) >= 11 is 0. The van der Waals surface area contributed by atoms with Crippen LogP contribution >= 0.6 is 0 Å². The highest BCUT2D eigenvalue weighted by Gasteiger charge is 2.62. The number of ether oxygens (including phenoxy) is 4. The number of hydrogen-bond acceptors (Lipinski definition) is 5. The Bertz CT molecular complexity index is 1280. The highest BCUT2D eigenvalue weighted by molar-refractivity contribution is 5.87. The van der Waals surface area contributed by atoms with Crippen molar-refractivity contribution in [1.29, 1.82) is 0 Å². The lowest BCUT2D eigenvalue weighted by atomic mass is 9.48. The molecule has 4 atom stereocenters. The number of aromatic nitrogens is 1. The molecule has 0 saturated heterocycles. The molecule has 6 heteroatoms. The van der Waals surface area contributed by atoms with E-state index in [4.69, 9.17) is 18.9 Å². The van der Waals surface area contributed by atoms with Crippen molar-refractivity contribution in [1.82, 2.24) is 4.57 Å². The number of benzene rings is 2. The fourth-order valence-electron chi connectivity index (χ4n) is 6.28. The van der Waals surface area contributed by atoms with Gasteiger partial charge in [-0.25, -0.2) is 0 Å². The van der Waals surface area contributed by atoms with Crippen molar-refractivity contribution in [2.75, 3.05) is 27.9 Å². The number of aryl methyl sites for hydroxylation is 1. The molecule has 0 spiro atoms. The minimum atomic E-state index is -0.441. The number of rotatable bonds is 5. The summed E-state index contributed by atoms with van der Waals surface area (Å²) in [5.74, 6) is 2.58. The molecule has 1 saturated carbocycles. The second kappa shape index (κ2) is 7.80. The number of hydrogen-bond donors (Lipinski definition) is 0. The first kappa shape index (κ1) is 21.8. The van der Waals surface area contributed by atoms with Gasteiger partial charge in [0.2, 0.25) is 0 Å². The van der Waals surface area contributed by atoms with Gasteiger partial charge in [0.25, 0.3) is 5.56 Å². The van der Waals surface area contributed by atoms with E-state index in [2.05, 4.69) is 19.9 Å². The molecule has 2 aliphatic rings. The Balaban J connectivity index is 1.75. The van der Waals surface area contributed by atoms with Crippen molar-refractivity contribution in [3.8, 4) is 17.2 Å². The van der Waals surface area contributed by atoms with E-state index in [0.29, 0.717) is 18.1 Å². The molecular weight excluding hydrogens is 418 g/mol. The summed E-state index contributed by atoms with van der Waals surface area (Å²) in [7, 11) is 6.86. The topological polar surface area (TPSA) is 58.9 Å². The van der Waals surface area contributed by atoms with E-state index in [9.17, 15) is 4.79 Å².